The number of benzene rings is 1. The lowest BCUT2D eigenvalue weighted by Crippen LogP contribution is -2.26. The van der Waals surface area contributed by atoms with Crippen LogP contribution in [-0.2, 0) is 11.3 Å². The van der Waals surface area contributed by atoms with Crippen molar-refractivity contribution in [3.8, 4) is 0 Å². The number of carbonyl (C=O) groups excluding carboxylic acids is 1. The summed E-state index contributed by atoms with van der Waals surface area (Å²) >= 11 is 0. The summed E-state index contributed by atoms with van der Waals surface area (Å²) in [5.74, 6) is -1.24. The minimum Gasteiger partial charge on any atom is -0.481 e. The molecule has 0 saturated heterocycles. The Hall–Kier alpha value is -2.63. The third-order valence-corrected chi connectivity index (χ3v) is 3.15. The molecule has 0 spiro atoms. The minimum atomic E-state index is -0.938. The third kappa shape index (κ3) is 3.92. The maximum Gasteiger partial charge on any atom is 0.305 e. The number of aliphatic carboxylic acids is 1. The SMILES string of the molecule is Cc1c(C(=O)NCCC(=O)O)cnn1Cc1ccccc1. The van der Waals surface area contributed by atoms with E-state index in [1.807, 2.05) is 37.3 Å². The molecule has 2 aromatic rings. The smallest absolute Gasteiger partial charge is 0.305 e. The van der Waals surface area contributed by atoms with Crippen LogP contribution in [0.2, 0.25) is 0 Å². The summed E-state index contributed by atoms with van der Waals surface area (Å²) in [5, 5.41) is 15.3. The number of hydrogen-bond donors (Lipinski definition) is 2. The van der Waals surface area contributed by atoms with Gasteiger partial charge in [-0.05, 0) is 12.5 Å². The highest BCUT2D eigenvalue weighted by molar-refractivity contribution is 5.95. The minimum absolute atomic E-state index is 0.0943. The summed E-state index contributed by atoms with van der Waals surface area (Å²) in [6.45, 7) is 2.52. The second-order valence-corrected chi connectivity index (χ2v) is 4.69. The van der Waals surface area contributed by atoms with E-state index < -0.39 is 5.97 Å². The molecule has 0 bridgehead atoms. The van der Waals surface area contributed by atoms with Gasteiger partial charge < -0.3 is 10.4 Å². The van der Waals surface area contributed by atoms with Gasteiger partial charge in [0, 0.05) is 12.2 Å². The predicted octanol–water partition coefficient (Wildman–Crippen LogP) is 1.44. The Labute approximate surface area is 122 Å². The number of hydrogen-bond acceptors (Lipinski definition) is 3. The van der Waals surface area contributed by atoms with Gasteiger partial charge in [0.25, 0.3) is 5.91 Å². The Bertz CT molecular complexity index is 635. The Morgan fingerprint density at radius 2 is 2.00 bits per heavy atom. The first-order valence-corrected chi connectivity index (χ1v) is 6.64. The molecule has 2 rings (SSSR count). The van der Waals surface area contributed by atoms with Crippen molar-refractivity contribution in [2.75, 3.05) is 6.54 Å². The number of amides is 1. The van der Waals surface area contributed by atoms with Crippen LogP contribution in [-0.4, -0.2) is 33.3 Å². The number of aromatic nitrogens is 2. The van der Waals surface area contributed by atoms with Crippen LogP contribution in [0.4, 0.5) is 0 Å². The highest BCUT2D eigenvalue weighted by Crippen LogP contribution is 2.10. The molecule has 0 radical (unpaired) electrons. The second-order valence-electron chi connectivity index (χ2n) is 4.69. The summed E-state index contributed by atoms with van der Waals surface area (Å²) in [4.78, 5) is 22.4. The molecular formula is C15H17N3O3. The van der Waals surface area contributed by atoms with Crippen LogP contribution in [0.3, 0.4) is 0 Å². The maximum absolute atomic E-state index is 12.0. The molecule has 6 heteroatoms. The molecule has 0 aliphatic heterocycles. The predicted molar refractivity (Wildman–Crippen MR) is 77.1 cm³/mol. The molecule has 0 unspecified atom stereocenters. The molecule has 2 N–H and O–H groups in total. The summed E-state index contributed by atoms with van der Waals surface area (Å²) in [7, 11) is 0. The Morgan fingerprint density at radius 1 is 1.29 bits per heavy atom. The maximum atomic E-state index is 12.0. The molecular weight excluding hydrogens is 270 g/mol. The highest BCUT2D eigenvalue weighted by atomic mass is 16.4. The molecule has 0 aliphatic carbocycles. The number of carboxylic acid groups (broad SMARTS) is 1. The largest absolute Gasteiger partial charge is 0.481 e. The van der Waals surface area contributed by atoms with Crippen LogP contribution >= 0.6 is 0 Å². The van der Waals surface area contributed by atoms with Gasteiger partial charge in [-0.25, -0.2) is 0 Å². The molecule has 1 aromatic carbocycles. The fourth-order valence-electron chi connectivity index (χ4n) is 1.96. The second kappa shape index (κ2) is 6.69. The van der Waals surface area contributed by atoms with E-state index in [4.69, 9.17) is 5.11 Å². The van der Waals surface area contributed by atoms with Crippen molar-refractivity contribution >= 4 is 11.9 Å². The van der Waals surface area contributed by atoms with Crippen LogP contribution in [0.5, 0.6) is 0 Å². The van der Waals surface area contributed by atoms with Crippen molar-refractivity contribution < 1.29 is 14.7 Å². The Kier molecular flexibility index (Phi) is 4.71. The number of carboxylic acids is 1. The summed E-state index contributed by atoms with van der Waals surface area (Å²) in [6.07, 6.45) is 1.41. The number of nitrogens with zero attached hydrogens (tertiary/aromatic N) is 2. The standard InChI is InChI=1S/C15H17N3O3/c1-11-13(15(21)16-8-7-14(19)20)9-17-18(11)10-12-5-3-2-4-6-12/h2-6,9H,7-8,10H2,1H3,(H,16,21)(H,19,20). The lowest BCUT2D eigenvalue weighted by Gasteiger charge is -2.06. The van der Waals surface area contributed by atoms with Gasteiger partial charge in [0.05, 0.1) is 24.7 Å². The molecule has 21 heavy (non-hydrogen) atoms. The zero-order chi connectivity index (χ0) is 15.2. The van der Waals surface area contributed by atoms with Crippen molar-refractivity contribution in [2.45, 2.75) is 19.9 Å². The molecule has 1 amide bonds. The van der Waals surface area contributed by atoms with Gasteiger partial charge in [0.15, 0.2) is 0 Å². The summed E-state index contributed by atoms with van der Waals surface area (Å²) in [5.41, 5.74) is 2.32. The van der Waals surface area contributed by atoms with E-state index in [9.17, 15) is 9.59 Å². The zero-order valence-electron chi connectivity index (χ0n) is 11.7. The zero-order valence-corrected chi connectivity index (χ0v) is 11.7. The Balaban J connectivity index is 2.03. The number of rotatable bonds is 6. The van der Waals surface area contributed by atoms with E-state index >= 15 is 0 Å². The average Bonchev–Trinajstić information content (AvgIpc) is 2.81. The first-order chi connectivity index (χ1) is 10.1. The van der Waals surface area contributed by atoms with Crippen LogP contribution in [0.25, 0.3) is 0 Å². The normalized spacial score (nSPS) is 10.3. The molecule has 0 atom stereocenters. The fourth-order valence-corrected chi connectivity index (χ4v) is 1.96. The number of carbonyl (C=O) groups is 2. The molecule has 0 saturated carbocycles. The van der Waals surface area contributed by atoms with E-state index in [0.717, 1.165) is 11.3 Å². The monoisotopic (exact) mass is 287 g/mol. The van der Waals surface area contributed by atoms with Gasteiger partial charge in [-0.15, -0.1) is 0 Å². The van der Waals surface area contributed by atoms with Crippen molar-refractivity contribution in [1.29, 1.82) is 0 Å². The first-order valence-electron chi connectivity index (χ1n) is 6.64. The lowest BCUT2D eigenvalue weighted by atomic mass is 10.2. The summed E-state index contributed by atoms with van der Waals surface area (Å²) < 4.78 is 1.75. The molecule has 0 aliphatic rings. The van der Waals surface area contributed by atoms with Gasteiger partial charge in [-0.1, -0.05) is 30.3 Å². The van der Waals surface area contributed by atoms with Crippen molar-refractivity contribution in [3.05, 3.63) is 53.3 Å². The quantitative estimate of drug-likeness (QED) is 0.842. The Morgan fingerprint density at radius 3 is 2.67 bits per heavy atom. The first kappa shape index (κ1) is 14.8. The van der Waals surface area contributed by atoms with Crippen molar-refractivity contribution in [3.63, 3.8) is 0 Å². The van der Waals surface area contributed by atoms with Gasteiger partial charge in [-0.2, -0.15) is 5.10 Å². The van der Waals surface area contributed by atoms with E-state index in [1.165, 1.54) is 6.20 Å². The molecule has 1 heterocycles. The molecule has 6 nitrogen and oxygen atoms in total. The van der Waals surface area contributed by atoms with E-state index in [0.29, 0.717) is 12.1 Å². The van der Waals surface area contributed by atoms with E-state index in [2.05, 4.69) is 10.4 Å². The average molecular weight is 287 g/mol. The van der Waals surface area contributed by atoms with Gasteiger partial charge >= 0.3 is 5.97 Å². The lowest BCUT2D eigenvalue weighted by molar-refractivity contribution is -0.136. The van der Waals surface area contributed by atoms with E-state index in [-0.39, 0.29) is 18.9 Å². The van der Waals surface area contributed by atoms with Gasteiger partial charge in [0.2, 0.25) is 0 Å². The van der Waals surface area contributed by atoms with Crippen LogP contribution in [0, 0.1) is 6.92 Å². The molecule has 1 aromatic heterocycles. The van der Waals surface area contributed by atoms with Gasteiger partial charge in [-0.3, -0.25) is 14.3 Å². The molecule has 0 fully saturated rings. The molecule has 110 valence electrons. The highest BCUT2D eigenvalue weighted by Gasteiger charge is 2.14. The van der Waals surface area contributed by atoms with Crippen LogP contribution in [0.15, 0.2) is 36.5 Å². The van der Waals surface area contributed by atoms with Crippen LogP contribution in [0.1, 0.15) is 28.0 Å². The number of nitrogens with one attached hydrogen (secondary N) is 1. The fraction of sp³-hybridized carbons (Fsp3) is 0.267. The third-order valence-electron chi connectivity index (χ3n) is 3.15. The topological polar surface area (TPSA) is 84.2 Å². The van der Waals surface area contributed by atoms with Crippen molar-refractivity contribution in [2.24, 2.45) is 0 Å². The summed E-state index contributed by atoms with van der Waals surface area (Å²) in [6, 6.07) is 9.84. The van der Waals surface area contributed by atoms with Crippen molar-refractivity contribution in [1.82, 2.24) is 15.1 Å². The van der Waals surface area contributed by atoms with Gasteiger partial charge in [0.1, 0.15) is 0 Å². The van der Waals surface area contributed by atoms with E-state index in [1.54, 1.807) is 4.68 Å². The van der Waals surface area contributed by atoms with Crippen LogP contribution < -0.4 is 5.32 Å².